The van der Waals surface area contributed by atoms with E-state index in [4.69, 9.17) is 11.6 Å². The number of nitrogens with zero attached hydrogens (tertiary/aromatic N) is 1. The van der Waals surface area contributed by atoms with Crippen molar-refractivity contribution in [2.45, 2.75) is 18.4 Å². The quantitative estimate of drug-likeness (QED) is 0.779. The van der Waals surface area contributed by atoms with Crippen LogP contribution in [-0.2, 0) is 5.54 Å². The highest BCUT2D eigenvalue weighted by Crippen LogP contribution is 2.50. The smallest absolute Gasteiger partial charge is 0.255 e. The molecule has 1 unspecified atom stereocenters. The Morgan fingerprint density at radius 3 is 2.80 bits per heavy atom. The monoisotopic (exact) mass is 283 g/mol. The maximum atomic E-state index is 12.6. The number of carbonyl (C=O) groups is 1. The van der Waals surface area contributed by atoms with Gasteiger partial charge in [-0.2, -0.15) is 0 Å². The highest BCUT2D eigenvalue weighted by atomic mass is 35.5. The number of hydrogen-bond acceptors (Lipinski definition) is 1. The molecule has 2 aliphatic heterocycles. The maximum absolute atomic E-state index is 12.6. The lowest BCUT2D eigenvalue weighted by molar-refractivity contribution is 0.0711. The second-order valence-corrected chi connectivity index (χ2v) is 5.91. The second-order valence-electron chi connectivity index (χ2n) is 5.48. The molecule has 2 aromatic carbocycles. The molecule has 1 atom stereocenters. The van der Waals surface area contributed by atoms with Gasteiger partial charge >= 0.3 is 0 Å². The molecule has 2 aromatic rings. The lowest BCUT2D eigenvalue weighted by Crippen LogP contribution is -2.39. The Hall–Kier alpha value is -1.80. The molecule has 0 aromatic heterocycles. The lowest BCUT2D eigenvalue weighted by atomic mass is 9.81. The van der Waals surface area contributed by atoms with Gasteiger partial charge in [0.2, 0.25) is 0 Å². The number of hydrogen-bond donors (Lipinski definition) is 0. The molecule has 0 saturated carbocycles. The molecule has 20 heavy (non-hydrogen) atoms. The first-order chi connectivity index (χ1) is 9.73. The molecular weight excluding hydrogens is 270 g/mol. The van der Waals surface area contributed by atoms with Crippen LogP contribution in [0.4, 0.5) is 0 Å². The normalized spacial score (nSPS) is 23.9. The molecule has 100 valence electrons. The Labute approximate surface area is 123 Å². The van der Waals surface area contributed by atoms with Gasteiger partial charge < -0.3 is 4.90 Å². The molecule has 4 rings (SSSR count). The molecule has 1 amide bonds. The SMILES string of the molecule is O=C1c2ccccc2C2(c3cccc(Cl)c3)CCCN12. The summed E-state index contributed by atoms with van der Waals surface area (Å²) in [6, 6.07) is 15.9. The average Bonchev–Trinajstić information content (AvgIpc) is 3.00. The van der Waals surface area contributed by atoms with E-state index in [1.165, 1.54) is 0 Å². The number of halogens is 1. The topological polar surface area (TPSA) is 20.3 Å². The van der Waals surface area contributed by atoms with Crippen LogP contribution in [0.25, 0.3) is 0 Å². The third-order valence-electron chi connectivity index (χ3n) is 4.53. The fourth-order valence-electron chi connectivity index (χ4n) is 3.75. The molecule has 0 spiro atoms. The van der Waals surface area contributed by atoms with Crippen molar-refractivity contribution in [3.8, 4) is 0 Å². The molecule has 1 saturated heterocycles. The maximum Gasteiger partial charge on any atom is 0.255 e. The fourth-order valence-corrected chi connectivity index (χ4v) is 3.94. The van der Waals surface area contributed by atoms with Crippen molar-refractivity contribution in [2.75, 3.05) is 6.54 Å². The van der Waals surface area contributed by atoms with E-state index in [0.29, 0.717) is 0 Å². The number of fused-ring (bicyclic) bond motifs is 3. The summed E-state index contributed by atoms with van der Waals surface area (Å²) in [5.41, 5.74) is 2.79. The first kappa shape index (κ1) is 12.0. The zero-order chi connectivity index (χ0) is 13.7. The Balaban J connectivity index is 2.01. The first-order valence-electron chi connectivity index (χ1n) is 6.91. The Morgan fingerprint density at radius 2 is 1.95 bits per heavy atom. The Kier molecular flexibility index (Phi) is 2.45. The molecule has 0 bridgehead atoms. The van der Waals surface area contributed by atoms with E-state index in [9.17, 15) is 4.79 Å². The molecule has 3 heteroatoms. The average molecular weight is 284 g/mol. The summed E-state index contributed by atoms with van der Waals surface area (Å²) in [5, 5.41) is 0.723. The number of benzene rings is 2. The van der Waals surface area contributed by atoms with E-state index in [-0.39, 0.29) is 11.4 Å². The summed E-state index contributed by atoms with van der Waals surface area (Å²) in [6.45, 7) is 0.819. The minimum atomic E-state index is -0.307. The van der Waals surface area contributed by atoms with Crippen LogP contribution in [0.5, 0.6) is 0 Å². The molecule has 0 aliphatic carbocycles. The number of amides is 1. The van der Waals surface area contributed by atoms with Crippen LogP contribution in [-0.4, -0.2) is 17.4 Å². The van der Waals surface area contributed by atoms with Gasteiger partial charge in [0.15, 0.2) is 0 Å². The van der Waals surface area contributed by atoms with E-state index in [2.05, 4.69) is 12.1 Å². The fraction of sp³-hybridized carbons (Fsp3) is 0.235. The van der Waals surface area contributed by atoms with Gasteiger partial charge in [-0.25, -0.2) is 0 Å². The van der Waals surface area contributed by atoms with Gasteiger partial charge in [0.25, 0.3) is 5.91 Å². The van der Waals surface area contributed by atoms with Crippen molar-refractivity contribution in [1.29, 1.82) is 0 Å². The highest BCUT2D eigenvalue weighted by molar-refractivity contribution is 6.30. The third kappa shape index (κ3) is 1.37. The molecule has 0 radical (unpaired) electrons. The van der Waals surface area contributed by atoms with Crippen LogP contribution in [0.15, 0.2) is 48.5 Å². The van der Waals surface area contributed by atoms with Gasteiger partial charge in [0, 0.05) is 17.1 Å². The third-order valence-corrected chi connectivity index (χ3v) is 4.77. The second kappa shape index (κ2) is 4.10. The van der Waals surface area contributed by atoms with Crippen LogP contribution in [0, 0.1) is 0 Å². The summed E-state index contributed by atoms with van der Waals surface area (Å²) < 4.78 is 0. The van der Waals surface area contributed by atoms with E-state index >= 15 is 0 Å². The predicted molar refractivity (Wildman–Crippen MR) is 78.9 cm³/mol. The van der Waals surface area contributed by atoms with Crippen molar-refractivity contribution in [2.24, 2.45) is 0 Å². The largest absolute Gasteiger partial charge is 0.325 e. The van der Waals surface area contributed by atoms with Crippen LogP contribution in [0.3, 0.4) is 0 Å². The van der Waals surface area contributed by atoms with Crippen molar-refractivity contribution >= 4 is 17.5 Å². The highest BCUT2D eigenvalue weighted by Gasteiger charge is 2.53. The van der Waals surface area contributed by atoms with E-state index in [1.807, 2.05) is 41.3 Å². The standard InChI is InChI=1S/C17H14ClNO/c18-13-6-3-5-12(11-13)17-9-4-10-19(17)16(20)14-7-1-2-8-15(14)17/h1-3,5-8,11H,4,9-10H2. The van der Waals surface area contributed by atoms with E-state index in [1.54, 1.807) is 0 Å². The summed E-state index contributed by atoms with van der Waals surface area (Å²) >= 11 is 6.17. The van der Waals surface area contributed by atoms with Gasteiger partial charge in [0.1, 0.15) is 0 Å². The lowest BCUT2D eigenvalue weighted by Gasteiger charge is -2.33. The summed E-state index contributed by atoms with van der Waals surface area (Å²) in [7, 11) is 0. The molecule has 2 nitrogen and oxygen atoms in total. The zero-order valence-electron chi connectivity index (χ0n) is 11.0. The molecule has 2 heterocycles. The van der Waals surface area contributed by atoms with E-state index < -0.39 is 0 Å². The minimum absolute atomic E-state index is 0.151. The minimum Gasteiger partial charge on any atom is -0.325 e. The van der Waals surface area contributed by atoms with Crippen LogP contribution < -0.4 is 0 Å². The molecular formula is C17H14ClNO. The van der Waals surface area contributed by atoms with Crippen molar-refractivity contribution < 1.29 is 4.79 Å². The van der Waals surface area contributed by atoms with Gasteiger partial charge in [-0.15, -0.1) is 0 Å². The van der Waals surface area contributed by atoms with Gasteiger partial charge in [-0.1, -0.05) is 41.9 Å². The van der Waals surface area contributed by atoms with Crippen molar-refractivity contribution in [3.05, 3.63) is 70.2 Å². The van der Waals surface area contributed by atoms with Crippen LogP contribution in [0.2, 0.25) is 5.02 Å². The Bertz CT molecular complexity index is 712. The van der Waals surface area contributed by atoms with Gasteiger partial charge in [-0.3, -0.25) is 4.79 Å². The van der Waals surface area contributed by atoms with Gasteiger partial charge in [-0.05, 0) is 42.2 Å². The van der Waals surface area contributed by atoms with Crippen molar-refractivity contribution in [1.82, 2.24) is 4.90 Å². The first-order valence-corrected chi connectivity index (χ1v) is 7.29. The van der Waals surface area contributed by atoms with E-state index in [0.717, 1.165) is 41.1 Å². The molecule has 1 fully saturated rings. The molecule has 2 aliphatic rings. The van der Waals surface area contributed by atoms with Crippen LogP contribution in [0.1, 0.15) is 34.3 Å². The van der Waals surface area contributed by atoms with Gasteiger partial charge in [0.05, 0.1) is 5.54 Å². The van der Waals surface area contributed by atoms with Crippen LogP contribution >= 0.6 is 11.6 Å². The zero-order valence-corrected chi connectivity index (χ0v) is 11.7. The Morgan fingerprint density at radius 1 is 1.10 bits per heavy atom. The molecule has 0 N–H and O–H groups in total. The number of carbonyl (C=O) groups excluding carboxylic acids is 1. The summed E-state index contributed by atoms with van der Waals surface area (Å²) in [5.74, 6) is 0.151. The summed E-state index contributed by atoms with van der Waals surface area (Å²) in [4.78, 5) is 14.7. The summed E-state index contributed by atoms with van der Waals surface area (Å²) in [6.07, 6.45) is 2.00. The predicted octanol–water partition coefficient (Wildman–Crippen LogP) is 3.83. The number of rotatable bonds is 1. The van der Waals surface area contributed by atoms with Crippen molar-refractivity contribution in [3.63, 3.8) is 0 Å².